The molecule has 0 radical (unpaired) electrons. The van der Waals surface area contributed by atoms with Crippen molar-refractivity contribution in [2.45, 2.75) is 40.2 Å². The zero-order valence-corrected chi connectivity index (χ0v) is 8.72. The van der Waals surface area contributed by atoms with E-state index in [1.807, 2.05) is 0 Å². The Bertz CT molecular complexity index is 266. The normalized spacial score (nSPS) is 10.5. The standard InChI is InChI=1S/C12H18O/c1-4-5-12-9(2)6-11(8-13)7-10(12)3/h6-7,13H,4-5,8H2,1-3H3. The Kier molecular flexibility index (Phi) is 3.49. The molecular formula is C12H18O. The largest absolute Gasteiger partial charge is 0.392 e. The van der Waals surface area contributed by atoms with Crippen LogP contribution < -0.4 is 0 Å². The van der Waals surface area contributed by atoms with E-state index in [4.69, 9.17) is 5.11 Å². The Morgan fingerprint density at radius 1 is 1.15 bits per heavy atom. The van der Waals surface area contributed by atoms with E-state index in [0.29, 0.717) is 0 Å². The molecule has 0 aliphatic rings. The number of rotatable bonds is 3. The highest BCUT2D eigenvalue weighted by Gasteiger charge is 2.03. The number of benzene rings is 1. The van der Waals surface area contributed by atoms with Gasteiger partial charge in [0, 0.05) is 0 Å². The van der Waals surface area contributed by atoms with Crippen molar-refractivity contribution in [3.05, 3.63) is 34.4 Å². The van der Waals surface area contributed by atoms with E-state index in [1.54, 1.807) is 0 Å². The molecule has 0 aliphatic carbocycles. The van der Waals surface area contributed by atoms with Crippen LogP contribution in [0.4, 0.5) is 0 Å². The van der Waals surface area contributed by atoms with Crippen LogP contribution in [0.3, 0.4) is 0 Å². The minimum atomic E-state index is 0.147. The van der Waals surface area contributed by atoms with Gasteiger partial charge in [-0.05, 0) is 42.5 Å². The molecule has 0 amide bonds. The summed E-state index contributed by atoms with van der Waals surface area (Å²) < 4.78 is 0. The van der Waals surface area contributed by atoms with Crippen molar-refractivity contribution in [2.75, 3.05) is 0 Å². The molecule has 1 heteroatoms. The van der Waals surface area contributed by atoms with Crippen molar-refractivity contribution in [2.24, 2.45) is 0 Å². The van der Waals surface area contributed by atoms with Crippen LogP contribution >= 0.6 is 0 Å². The summed E-state index contributed by atoms with van der Waals surface area (Å²) in [5.74, 6) is 0. The number of aliphatic hydroxyl groups excluding tert-OH is 1. The molecule has 0 fully saturated rings. The monoisotopic (exact) mass is 178 g/mol. The van der Waals surface area contributed by atoms with Gasteiger partial charge in [0.05, 0.1) is 6.61 Å². The van der Waals surface area contributed by atoms with Crippen molar-refractivity contribution in [3.8, 4) is 0 Å². The Labute approximate surface area is 80.4 Å². The van der Waals surface area contributed by atoms with Crippen LogP contribution in [0.5, 0.6) is 0 Å². The van der Waals surface area contributed by atoms with Gasteiger partial charge in [-0.25, -0.2) is 0 Å². The lowest BCUT2D eigenvalue weighted by molar-refractivity contribution is 0.281. The van der Waals surface area contributed by atoms with Gasteiger partial charge in [-0.15, -0.1) is 0 Å². The van der Waals surface area contributed by atoms with E-state index in [-0.39, 0.29) is 6.61 Å². The highest BCUT2D eigenvalue weighted by Crippen LogP contribution is 2.18. The Balaban J connectivity index is 3.07. The molecule has 1 rings (SSSR count). The molecule has 72 valence electrons. The van der Waals surface area contributed by atoms with E-state index in [9.17, 15) is 0 Å². The zero-order valence-electron chi connectivity index (χ0n) is 8.72. The first kappa shape index (κ1) is 10.3. The average Bonchev–Trinajstić information content (AvgIpc) is 2.11. The predicted molar refractivity (Wildman–Crippen MR) is 55.8 cm³/mol. The highest BCUT2D eigenvalue weighted by atomic mass is 16.3. The third-order valence-corrected chi connectivity index (χ3v) is 2.44. The average molecular weight is 178 g/mol. The Morgan fingerprint density at radius 3 is 2.08 bits per heavy atom. The maximum atomic E-state index is 9.01. The summed E-state index contributed by atoms with van der Waals surface area (Å²) in [5, 5.41) is 9.01. The first-order valence-corrected chi connectivity index (χ1v) is 4.89. The van der Waals surface area contributed by atoms with Gasteiger partial charge in [0.15, 0.2) is 0 Å². The zero-order chi connectivity index (χ0) is 9.84. The first-order chi connectivity index (χ1) is 6.19. The molecule has 1 aromatic carbocycles. The van der Waals surface area contributed by atoms with Crippen molar-refractivity contribution >= 4 is 0 Å². The van der Waals surface area contributed by atoms with Crippen molar-refractivity contribution in [3.63, 3.8) is 0 Å². The summed E-state index contributed by atoms with van der Waals surface area (Å²) in [5.41, 5.74) is 5.09. The lowest BCUT2D eigenvalue weighted by Gasteiger charge is -2.10. The fourth-order valence-corrected chi connectivity index (χ4v) is 1.82. The summed E-state index contributed by atoms with van der Waals surface area (Å²) >= 11 is 0. The number of aryl methyl sites for hydroxylation is 2. The molecule has 0 unspecified atom stereocenters. The van der Waals surface area contributed by atoms with Crippen LogP contribution in [0.25, 0.3) is 0 Å². The van der Waals surface area contributed by atoms with Gasteiger partial charge < -0.3 is 5.11 Å². The van der Waals surface area contributed by atoms with E-state index in [0.717, 1.165) is 12.0 Å². The van der Waals surface area contributed by atoms with E-state index in [1.165, 1.54) is 23.1 Å². The van der Waals surface area contributed by atoms with E-state index >= 15 is 0 Å². The van der Waals surface area contributed by atoms with Crippen LogP contribution in [0, 0.1) is 13.8 Å². The Morgan fingerprint density at radius 2 is 1.69 bits per heavy atom. The lowest BCUT2D eigenvalue weighted by Crippen LogP contribution is -1.96. The van der Waals surface area contributed by atoms with Gasteiger partial charge in [0.1, 0.15) is 0 Å². The molecule has 0 spiro atoms. The summed E-state index contributed by atoms with van der Waals surface area (Å²) in [6, 6.07) is 4.16. The summed E-state index contributed by atoms with van der Waals surface area (Å²) in [7, 11) is 0. The fraction of sp³-hybridized carbons (Fsp3) is 0.500. The summed E-state index contributed by atoms with van der Waals surface area (Å²) in [6.45, 7) is 6.58. The van der Waals surface area contributed by atoms with E-state index in [2.05, 4.69) is 32.9 Å². The molecule has 0 atom stereocenters. The Hall–Kier alpha value is -0.820. The molecule has 0 saturated heterocycles. The van der Waals surface area contributed by atoms with Crippen molar-refractivity contribution in [1.29, 1.82) is 0 Å². The molecular weight excluding hydrogens is 160 g/mol. The van der Waals surface area contributed by atoms with Crippen LogP contribution in [0.15, 0.2) is 12.1 Å². The number of hydrogen-bond donors (Lipinski definition) is 1. The maximum absolute atomic E-state index is 9.01. The minimum Gasteiger partial charge on any atom is -0.392 e. The van der Waals surface area contributed by atoms with E-state index < -0.39 is 0 Å². The van der Waals surface area contributed by atoms with Crippen LogP contribution in [0.2, 0.25) is 0 Å². The maximum Gasteiger partial charge on any atom is 0.0682 e. The second-order valence-electron chi connectivity index (χ2n) is 3.62. The molecule has 0 heterocycles. The molecule has 0 bridgehead atoms. The lowest BCUT2D eigenvalue weighted by atomic mass is 9.96. The molecule has 0 saturated carbocycles. The third kappa shape index (κ3) is 2.31. The van der Waals surface area contributed by atoms with Crippen LogP contribution in [-0.2, 0) is 13.0 Å². The number of aliphatic hydroxyl groups is 1. The molecule has 0 aromatic heterocycles. The molecule has 13 heavy (non-hydrogen) atoms. The molecule has 1 aromatic rings. The van der Waals surface area contributed by atoms with Gasteiger partial charge in [0.2, 0.25) is 0 Å². The quantitative estimate of drug-likeness (QED) is 0.754. The first-order valence-electron chi connectivity index (χ1n) is 4.89. The second kappa shape index (κ2) is 4.43. The van der Waals surface area contributed by atoms with Gasteiger partial charge in [-0.3, -0.25) is 0 Å². The van der Waals surface area contributed by atoms with Gasteiger partial charge >= 0.3 is 0 Å². The number of hydrogen-bond acceptors (Lipinski definition) is 1. The molecule has 0 aliphatic heterocycles. The minimum absolute atomic E-state index is 0.147. The highest BCUT2D eigenvalue weighted by molar-refractivity contribution is 5.37. The third-order valence-electron chi connectivity index (χ3n) is 2.44. The molecule has 1 nitrogen and oxygen atoms in total. The topological polar surface area (TPSA) is 20.2 Å². The molecule has 1 N–H and O–H groups in total. The fourth-order valence-electron chi connectivity index (χ4n) is 1.82. The van der Waals surface area contributed by atoms with Gasteiger partial charge in [-0.2, -0.15) is 0 Å². The van der Waals surface area contributed by atoms with Crippen molar-refractivity contribution in [1.82, 2.24) is 0 Å². The SMILES string of the molecule is CCCc1c(C)cc(CO)cc1C. The van der Waals surface area contributed by atoms with Crippen molar-refractivity contribution < 1.29 is 5.11 Å². The summed E-state index contributed by atoms with van der Waals surface area (Å²) in [6.07, 6.45) is 2.32. The smallest absolute Gasteiger partial charge is 0.0682 e. The summed E-state index contributed by atoms with van der Waals surface area (Å²) in [4.78, 5) is 0. The van der Waals surface area contributed by atoms with Gasteiger partial charge in [-0.1, -0.05) is 25.5 Å². The van der Waals surface area contributed by atoms with Crippen LogP contribution in [-0.4, -0.2) is 5.11 Å². The van der Waals surface area contributed by atoms with Gasteiger partial charge in [0.25, 0.3) is 0 Å². The predicted octanol–water partition coefficient (Wildman–Crippen LogP) is 2.75. The van der Waals surface area contributed by atoms with Crippen LogP contribution in [0.1, 0.15) is 35.6 Å². The second-order valence-corrected chi connectivity index (χ2v) is 3.62.